The molecule has 0 aliphatic rings. The molecule has 8 heteroatoms. The molecule has 0 fully saturated rings. The number of benzene rings is 2. The highest BCUT2D eigenvalue weighted by Crippen LogP contribution is 2.20. The van der Waals surface area contributed by atoms with Crippen LogP contribution >= 0.6 is 23.4 Å². The summed E-state index contributed by atoms with van der Waals surface area (Å²) in [6.45, 7) is 0.579. The van der Waals surface area contributed by atoms with E-state index in [1.807, 2.05) is 36.4 Å². The summed E-state index contributed by atoms with van der Waals surface area (Å²) in [5.74, 6) is 1.68. The Morgan fingerprint density at radius 2 is 1.93 bits per heavy atom. The predicted octanol–water partition coefficient (Wildman–Crippen LogP) is 3.58. The maximum absolute atomic E-state index is 12.0. The molecule has 1 amide bonds. The van der Waals surface area contributed by atoms with E-state index in [0.717, 1.165) is 23.3 Å². The van der Waals surface area contributed by atoms with Crippen molar-refractivity contribution in [1.82, 2.24) is 20.5 Å². The first-order valence-electron chi connectivity index (χ1n) is 8.35. The molecular weight excluding hydrogens is 384 g/mol. The summed E-state index contributed by atoms with van der Waals surface area (Å²) < 4.78 is 5.13. The lowest BCUT2D eigenvalue weighted by Crippen LogP contribution is -2.27. The van der Waals surface area contributed by atoms with Crippen molar-refractivity contribution in [2.24, 2.45) is 0 Å². The molecule has 0 saturated carbocycles. The summed E-state index contributed by atoms with van der Waals surface area (Å²) in [5, 5.41) is 11.1. The molecule has 0 aliphatic heterocycles. The molecule has 1 aromatic heterocycles. The Balaban J connectivity index is 1.42. The molecule has 3 rings (SSSR count). The Labute approximate surface area is 166 Å². The zero-order valence-corrected chi connectivity index (χ0v) is 16.3. The Bertz CT molecular complexity index is 881. The van der Waals surface area contributed by atoms with E-state index in [4.69, 9.17) is 16.3 Å². The van der Waals surface area contributed by atoms with Crippen molar-refractivity contribution in [2.75, 3.05) is 19.4 Å². The van der Waals surface area contributed by atoms with Gasteiger partial charge in [-0.15, -0.1) is 5.10 Å². The average molecular weight is 403 g/mol. The first-order chi connectivity index (χ1) is 13.1. The summed E-state index contributed by atoms with van der Waals surface area (Å²) >= 11 is 7.17. The number of H-pyrrole nitrogens is 1. The minimum absolute atomic E-state index is 0.0497. The van der Waals surface area contributed by atoms with Crippen LogP contribution in [0, 0.1) is 0 Å². The highest BCUT2D eigenvalue weighted by Gasteiger charge is 2.09. The van der Waals surface area contributed by atoms with Gasteiger partial charge in [-0.05, 0) is 48.4 Å². The van der Waals surface area contributed by atoms with Crippen molar-refractivity contribution in [3.63, 3.8) is 0 Å². The average Bonchev–Trinajstić information content (AvgIpc) is 3.16. The number of rotatable bonds is 8. The van der Waals surface area contributed by atoms with Gasteiger partial charge in [0.15, 0.2) is 5.82 Å². The van der Waals surface area contributed by atoms with Crippen molar-refractivity contribution in [2.45, 2.75) is 11.6 Å². The second-order valence-electron chi connectivity index (χ2n) is 5.71. The van der Waals surface area contributed by atoms with E-state index in [1.165, 1.54) is 11.8 Å². The Hall–Kier alpha value is -2.51. The molecule has 6 nitrogen and oxygen atoms in total. The molecule has 3 aromatic rings. The van der Waals surface area contributed by atoms with Gasteiger partial charge >= 0.3 is 0 Å². The summed E-state index contributed by atoms with van der Waals surface area (Å²) in [7, 11) is 1.64. The number of thioether (sulfide) groups is 1. The minimum Gasteiger partial charge on any atom is -0.497 e. The van der Waals surface area contributed by atoms with Crippen LogP contribution in [0.3, 0.4) is 0 Å². The van der Waals surface area contributed by atoms with Crippen LogP contribution in [0.4, 0.5) is 0 Å². The molecule has 0 bridgehead atoms. The maximum atomic E-state index is 12.0. The van der Waals surface area contributed by atoms with Gasteiger partial charge in [0.1, 0.15) is 5.75 Å². The number of ether oxygens (including phenoxy) is 1. The third kappa shape index (κ3) is 5.74. The van der Waals surface area contributed by atoms with Crippen LogP contribution in [0.25, 0.3) is 11.4 Å². The zero-order chi connectivity index (χ0) is 19.1. The van der Waals surface area contributed by atoms with E-state index in [-0.39, 0.29) is 11.7 Å². The van der Waals surface area contributed by atoms with E-state index < -0.39 is 0 Å². The van der Waals surface area contributed by atoms with Gasteiger partial charge in [0.2, 0.25) is 11.1 Å². The lowest BCUT2D eigenvalue weighted by atomic mass is 10.1. The number of halogens is 1. The highest BCUT2D eigenvalue weighted by molar-refractivity contribution is 7.99. The van der Waals surface area contributed by atoms with E-state index in [9.17, 15) is 4.79 Å². The molecule has 0 aliphatic carbocycles. The minimum atomic E-state index is -0.0497. The number of nitrogens with one attached hydrogen (secondary N) is 2. The lowest BCUT2D eigenvalue weighted by Gasteiger charge is -2.05. The van der Waals surface area contributed by atoms with E-state index in [2.05, 4.69) is 20.5 Å². The second-order valence-corrected chi connectivity index (χ2v) is 7.09. The molecule has 0 atom stereocenters. The molecule has 0 saturated heterocycles. The number of nitrogens with zero attached hydrogens (tertiary/aromatic N) is 2. The topological polar surface area (TPSA) is 79.9 Å². The van der Waals surface area contributed by atoms with E-state index in [0.29, 0.717) is 22.5 Å². The summed E-state index contributed by atoms with van der Waals surface area (Å²) in [5.41, 5.74) is 2.04. The summed E-state index contributed by atoms with van der Waals surface area (Å²) in [6, 6.07) is 15.1. The number of hydrogen-bond donors (Lipinski definition) is 2. The molecule has 0 unspecified atom stereocenters. The van der Waals surface area contributed by atoms with Crippen LogP contribution in [-0.2, 0) is 11.2 Å². The van der Waals surface area contributed by atoms with Crippen molar-refractivity contribution < 1.29 is 9.53 Å². The summed E-state index contributed by atoms with van der Waals surface area (Å²) in [4.78, 5) is 16.4. The normalized spacial score (nSPS) is 10.6. The van der Waals surface area contributed by atoms with Crippen LogP contribution in [-0.4, -0.2) is 40.5 Å². The molecule has 0 radical (unpaired) electrons. The van der Waals surface area contributed by atoms with Gasteiger partial charge in [-0.25, -0.2) is 4.98 Å². The Morgan fingerprint density at radius 1 is 1.19 bits per heavy atom. The third-order valence-electron chi connectivity index (χ3n) is 3.81. The number of hydrogen-bond acceptors (Lipinski definition) is 5. The SMILES string of the molecule is COc1ccc(CCNC(=O)CSc2n[nH]c(-c3ccc(Cl)cc3)n2)cc1. The van der Waals surface area contributed by atoms with Crippen LogP contribution in [0.15, 0.2) is 53.7 Å². The summed E-state index contributed by atoms with van der Waals surface area (Å²) in [6.07, 6.45) is 0.766. The van der Waals surface area contributed by atoms with Crippen LogP contribution in [0.1, 0.15) is 5.56 Å². The molecule has 27 heavy (non-hydrogen) atoms. The Morgan fingerprint density at radius 3 is 2.63 bits per heavy atom. The molecular formula is C19H19ClN4O2S. The first kappa shape index (κ1) is 19.3. The quantitative estimate of drug-likeness (QED) is 0.563. The van der Waals surface area contributed by atoms with Crippen molar-refractivity contribution in [3.8, 4) is 17.1 Å². The molecule has 1 heterocycles. The van der Waals surface area contributed by atoms with Crippen LogP contribution < -0.4 is 10.1 Å². The number of aromatic nitrogens is 3. The third-order valence-corrected chi connectivity index (χ3v) is 4.91. The fourth-order valence-corrected chi connectivity index (χ4v) is 3.12. The largest absolute Gasteiger partial charge is 0.497 e. The lowest BCUT2D eigenvalue weighted by molar-refractivity contribution is -0.118. The fourth-order valence-electron chi connectivity index (χ4n) is 2.37. The molecule has 2 aromatic carbocycles. The monoisotopic (exact) mass is 402 g/mol. The van der Waals surface area contributed by atoms with Crippen LogP contribution in [0.2, 0.25) is 5.02 Å². The number of aromatic amines is 1. The predicted molar refractivity (Wildman–Crippen MR) is 107 cm³/mol. The number of amides is 1. The second kappa shape index (κ2) is 9.43. The molecule has 140 valence electrons. The van der Waals surface area contributed by atoms with Crippen molar-refractivity contribution in [1.29, 1.82) is 0 Å². The Kier molecular flexibility index (Phi) is 6.73. The number of methoxy groups -OCH3 is 1. The zero-order valence-electron chi connectivity index (χ0n) is 14.7. The van der Waals surface area contributed by atoms with Gasteiger partial charge in [0.25, 0.3) is 0 Å². The van der Waals surface area contributed by atoms with Gasteiger partial charge in [0, 0.05) is 17.1 Å². The number of carbonyl (C=O) groups excluding carboxylic acids is 1. The van der Waals surface area contributed by atoms with Gasteiger partial charge in [-0.1, -0.05) is 35.5 Å². The first-order valence-corrected chi connectivity index (χ1v) is 9.71. The maximum Gasteiger partial charge on any atom is 0.230 e. The molecule has 0 spiro atoms. The van der Waals surface area contributed by atoms with Gasteiger partial charge in [-0.2, -0.15) is 0 Å². The van der Waals surface area contributed by atoms with Gasteiger partial charge in [0.05, 0.1) is 12.9 Å². The standard InChI is InChI=1S/C19H19ClN4O2S/c1-26-16-8-2-13(3-9-16)10-11-21-17(25)12-27-19-22-18(23-24-19)14-4-6-15(20)7-5-14/h2-9H,10-12H2,1H3,(H,21,25)(H,22,23,24). The van der Waals surface area contributed by atoms with E-state index in [1.54, 1.807) is 19.2 Å². The van der Waals surface area contributed by atoms with Gasteiger partial charge < -0.3 is 10.1 Å². The van der Waals surface area contributed by atoms with Crippen molar-refractivity contribution >= 4 is 29.3 Å². The number of carbonyl (C=O) groups is 1. The van der Waals surface area contributed by atoms with Crippen LogP contribution in [0.5, 0.6) is 5.75 Å². The van der Waals surface area contributed by atoms with E-state index >= 15 is 0 Å². The van der Waals surface area contributed by atoms with Crippen molar-refractivity contribution in [3.05, 3.63) is 59.1 Å². The highest BCUT2D eigenvalue weighted by atomic mass is 35.5. The smallest absolute Gasteiger partial charge is 0.230 e. The fraction of sp³-hybridized carbons (Fsp3) is 0.211. The molecule has 2 N–H and O–H groups in total. The van der Waals surface area contributed by atoms with Gasteiger partial charge in [-0.3, -0.25) is 9.89 Å².